The van der Waals surface area contributed by atoms with Crippen molar-refractivity contribution in [3.05, 3.63) is 82.9 Å². The van der Waals surface area contributed by atoms with Crippen molar-refractivity contribution in [2.24, 2.45) is 0 Å². The number of carbonyl (C=O) groups is 2. The molecule has 0 spiro atoms. The molecule has 0 atom stereocenters. The molecule has 0 saturated heterocycles. The summed E-state index contributed by atoms with van der Waals surface area (Å²) in [4.78, 5) is 27.0. The van der Waals surface area contributed by atoms with E-state index in [0.717, 1.165) is 52.0 Å². The van der Waals surface area contributed by atoms with Gasteiger partial charge in [0.2, 0.25) is 0 Å². The summed E-state index contributed by atoms with van der Waals surface area (Å²) < 4.78 is 0. The number of aryl methyl sites for hydroxylation is 2. The average molecular weight is 412 g/mol. The van der Waals surface area contributed by atoms with Gasteiger partial charge in [0.15, 0.2) is 0 Å². The summed E-state index contributed by atoms with van der Waals surface area (Å²) in [6, 6.07) is 20.1. The van der Waals surface area contributed by atoms with E-state index in [9.17, 15) is 9.59 Å². The van der Waals surface area contributed by atoms with E-state index >= 15 is 0 Å². The van der Waals surface area contributed by atoms with E-state index in [1.165, 1.54) is 0 Å². The largest absolute Gasteiger partial charge is 0.349 e. The van der Waals surface area contributed by atoms with Gasteiger partial charge in [0.25, 0.3) is 5.91 Å². The van der Waals surface area contributed by atoms with Crippen molar-refractivity contribution >= 4 is 23.3 Å². The maximum Gasteiger partial charge on any atom is 0.326 e. The van der Waals surface area contributed by atoms with Crippen LogP contribution in [0.25, 0.3) is 11.1 Å². The van der Waals surface area contributed by atoms with Crippen LogP contribution in [-0.4, -0.2) is 18.0 Å². The van der Waals surface area contributed by atoms with Gasteiger partial charge < -0.3 is 10.6 Å². The molecule has 1 heterocycles. The third-order valence-corrected chi connectivity index (χ3v) is 6.03. The molecule has 5 heteroatoms. The van der Waals surface area contributed by atoms with Crippen molar-refractivity contribution in [2.45, 2.75) is 39.3 Å². The molecule has 0 bridgehead atoms. The zero-order chi connectivity index (χ0) is 21.5. The fourth-order valence-corrected chi connectivity index (χ4v) is 4.10. The van der Waals surface area contributed by atoms with E-state index in [-0.39, 0.29) is 11.9 Å². The molecule has 1 fully saturated rings. The summed E-state index contributed by atoms with van der Waals surface area (Å²) in [5.41, 5.74) is 7.72. The molecular formula is C26H25N3O2. The molecule has 3 aromatic carbocycles. The number of carbonyl (C=O) groups excluding carboxylic acids is 2. The number of hydrogen-bond donors (Lipinski definition) is 2. The third-order valence-electron chi connectivity index (χ3n) is 6.03. The molecule has 0 radical (unpaired) electrons. The molecular weight excluding hydrogens is 386 g/mol. The quantitative estimate of drug-likeness (QED) is 0.618. The predicted molar refractivity (Wildman–Crippen MR) is 123 cm³/mol. The number of rotatable bonds is 4. The predicted octanol–water partition coefficient (Wildman–Crippen LogP) is 5.22. The number of urea groups is 1. The number of para-hydroxylation sites is 1. The Morgan fingerprint density at radius 3 is 2.55 bits per heavy atom. The van der Waals surface area contributed by atoms with Crippen LogP contribution in [0, 0.1) is 13.8 Å². The SMILES string of the molecule is Cc1ccc(C(=O)NC2CC2)cc1-c1ccc2c(c1)CNC(=O)N2c1ccccc1C. The lowest BCUT2D eigenvalue weighted by molar-refractivity contribution is 0.0951. The van der Waals surface area contributed by atoms with E-state index in [1.54, 1.807) is 4.90 Å². The highest BCUT2D eigenvalue weighted by atomic mass is 16.2. The van der Waals surface area contributed by atoms with Gasteiger partial charge in [-0.15, -0.1) is 0 Å². The van der Waals surface area contributed by atoms with E-state index in [2.05, 4.69) is 23.6 Å². The molecule has 0 aromatic heterocycles. The molecule has 1 saturated carbocycles. The Bertz CT molecular complexity index is 1200. The molecule has 2 N–H and O–H groups in total. The first-order valence-corrected chi connectivity index (χ1v) is 10.7. The van der Waals surface area contributed by atoms with Crippen LogP contribution in [0.1, 0.15) is 39.9 Å². The minimum atomic E-state index is -0.121. The maximum atomic E-state index is 12.7. The number of nitrogens with zero attached hydrogens (tertiary/aromatic N) is 1. The Balaban J connectivity index is 1.53. The van der Waals surface area contributed by atoms with Gasteiger partial charge in [-0.05, 0) is 84.8 Å². The second-order valence-electron chi connectivity index (χ2n) is 8.40. The van der Waals surface area contributed by atoms with Crippen LogP contribution in [0.5, 0.6) is 0 Å². The van der Waals surface area contributed by atoms with Gasteiger partial charge in [-0.3, -0.25) is 9.69 Å². The van der Waals surface area contributed by atoms with Crippen LogP contribution in [0.4, 0.5) is 16.2 Å². The van der Waals surface area contributed by atoms with Crippen molar-refractivity contribution in [1.82, 2.24) is 10.6 Å². The maximum absolute atomic E-state index is 12.7. The van der Waals surface area contributed by atoms with E-state index < -0.39 is 0 Å². The Labute approximate surface area is 182 Å². The lowest BCUT2D eigenvalue weighted by Gasteiger charge is -2.31. The summed E-state index contributed by atoms with van der Waals surface area (Å²) in [7, 11) is 0. The van der Waals surface area contributed by atoms with E-state index in [0.29, 0.717) is 18.2 Å². The minimum Gasteiger partial charge on any atom is -0.349 e. The second-order valence-corrected chi connectivity index (χ2v) is 8.40. The van der Waals surface area contributed by atoms with E-state index in [1.807, 2.05) is 61.5 Å². The van der Waals surface area contributed by atoms with Crippen LogP contribution in [0.2, 0.25) is 0 Å². The Kier molecular flexibility index (Phi) is 4.74. The van der Waals surface area contributed by atoms with Crippen LogP contribution in [0.15, 0.2) is 60.7 Å². The lowest BCUT2D eigenvalue weighted by atomic mass is 9.95. The molecule has 156 valence electrons. The Morgan fingerprint density at radius 2 is 1.77 bits per heavy atom. The summed E-state index contributed by atoms with van der Waals surface area (Å²) in [5, 5.41) is 6.05. The van der Waals surface area contributed by atoms with Gasteiger partial charge in [0.05, 0.1) is 11.4 Å². The van der Waals surface area contributed by atoms with Gasteiger partial charge >= 0.3 is 6.03 Å². The molecule has 2 aliphatic rings. The zero-order valence-corrected chi connectivity index (χ0v) is 17.7. The summed E-state index contributed by atoms with van der Waals surface area (Å²) in [5.74, 6) is -0.0142. The number of fused-ring (bicyclic) bond motifs is 1. The normalized spacial score (nSPS) is 15.3. The molecule has 3 aromatic rings. The zero-order valence-electron chi connectivity index (χ0n) is 17.7. The summed E-state index contributed by atoms with van der Waals surface area (Å²) in [6.45, 7) is 4.54. The standard InChI is InChI=1S/C26H25N3O2/c1-16-7-8-19(25(30)28-21-10-11-21)14-22(16)18-9-12-24-20(13-18)15-27-26(31)29(24)23-6-4-3-5-17(23)2/h3-9,12-14,21H,10-11,15H2,1-2H3,(H,27,31)(H,28,30). The lowest BCUT2D eigenvalue weighted by Crippen LogP contribution is -2.41. The molecule has 31 heavy (non-hydrogen) atoms. The first-order chi connectivity index (χ1) is 15.0. The molecule has 0 unspecified atom stereocenters. The van der Waals surface area contributed by atoms with Crippen molar-refractivity contribution in [1.29, 1.82) is 0 Å². The second kappa shape index (κ2) is 7.58. The molecule has 5 nitrogen and oxygen atoms in total. The number of hydrogen-bond acceptors (Lipinski definition) is 2. The fourth-order valence-electron chi connectivity index (χ4n) is 4.10. The number of anilines is 2. The third kappa shape index (κ3) is 3.67. The first-order valence-electron chi connectivity index (χ1n) is 10.7. The van der Waals surface area contributed by atoms with Crippen molar-refractivity contribution in [3.63, 3.8) is 0 Å². The van der Waals surface area contributed by atoms with Crippen molar-refractivity contribution < 1.29 is 9.59 Å². The smallest absolute Gasteiger partial charge is 0.326 e. The fraction of sp³-hybridized carbons (Fsp3) is 0.231. The van der Waals surface area contributed by atoms with Gasteiger partial charge in [-0.25, -0.2) is 4.79 Å². The van der Waals surface area contributed by atoms with Crippen LogP contribution in [0.3, 0.4) is 0 Å². The minimum absolute atomic E-state index is 0.0142. The van der Waals surface area contributed by atoms with Crippen molar-refractivity contribution in [3.8, 4) is 11.1 Å². The monoisotopic (exact) mass is 411 g/mol. The van der Waals surface area contributed by atoms with Gasteiger partial charge in [0, 0.05) is 18.2 Å². The Hall–Kier alpha value is -3.60. The highest BCUT2D eigenvalue weighted by Crippen LogP contribution is 2.36. The molecule has 1 aliphatic carbocycles. The highest BCUT2D eigenvalue weighted by Gasteiger charge is 2.27. The topological polar surface area (TPSA) is 61.4 Å². The van der Waals surface area contributed by atoms with Crippen LogP contribution < -0.4 is 15.5 Å². The Morgan fingerprint density at radius 1 is 0.968 bits per heavy atom. The van der Waals surface area contributed by atoms with Crippen LogP contribution in [-0.2, 0) is 6.54 Å². The highest BCUT2D eigenvalue weighted by molar-refractivity contribution is 6.03. The molecule has 5 rings (SSSR count). The number of benzene rings is 3. The summed E-state index contributed by atoms with van der Waals surface area (Å²) in [6.07, 6.45) is 2.14. The molecule has 1 aliphatic heterocycles. The van der Waals surface area contributed by atoms with E-state index in [4.69, 9.17) is 0 Å². The molecule has 3 amide bonds. The first kappa shape index (κ1) is 19.4. The summed E-state index contributed by atoms with van der Waals surface area (Å²) >= 11 is 0. The number of nitrogens with one attached hydrogen (secondary N) is 2. The van der Waals surface area contributed by atoms with Gasteiger partial charge in [-0.2, -0.15) is 0 Å². The van der Waals surface area contributed by atoms with Crippen molar-refractivity contribution in [2.75, 3.05) is 4.90 Å². The number of amides is 3. The van der Waals surface area contributed by atoms with Gasteiger partial charge in [-0.1, -0.05) is 30.3 Å². The van der Waals surface area contributed by atoms with Crippen LogP contribution >= 0.6 is 0 Å². The van der Waals surface area contributed by atoms with Gasteiger partial charge in [0.1, 0.15) is 0 Å². The average Bonchev–Trinajstić information content (AvgIpc) is 3.58.